The predicted molar refractivity (Wildman–Crippen MR) is 85.7 cm³/mol. The van der Waals surface area contributed by atoms with Gasteiger partial charge in [-0.1, -0.05) is 0 Å². The van der Waals surface area contributed by atoms with Crippen LogP contribution in [0, 0.1) is 12.7 Å². The second-order valence-electron chi connectivity index (χ2n) is 6.08. The van der Waals surface area contributed by atoms with Crippen molar-refractivity contribution in [3.8, 4) is 11.3 Å². The summed E-state index contributed by atoms with van der Waals surface area (Å²) in [6, 6.07) is 7.73. The average molecular weight is 333 g/mol. The quantitative estimate of drug-likeness (QED) is 0.871. The van der Waals surface area contributed by atoms with Gasteiger partial charge in [0, 0.05) is 18.5 Å². The number of methoxy groups -OCH3 is 1. The number of ether oxygens (including phenoxy) is 1. The van der Waals surface area contributed by atoms with E-state index in [0.717, 1.165) is 11.1 Å². The number of carbonyl (C=O) groups is 1. The average Bonchev–Trinajstić information content (AvgIpc) is 3.13. The standard InChI is InChI=1S/C18H20FNO4/c1-11-7-12(19)3-5-15(11)17-6-4-14(24-17)10-20-9-13(21)8-16(20)18(22)23-2/h3-7,13,16,21H,8-10H2,1-2H3/t13-,16-/m0/s1. The maximum atomic E-state index is 13.2. The van der Waals surface area contributed by atoms with Crippen LogP contribution in [0.15, 0.2) is 34.7 Å². The molecule has 2 atom stereocenters. The fourth-order valence-corrected chi connectivity index (χ4v) is 3.15. The van der Waals surface area contributed by atoms with Crippen LogP contribution in [-0.2, 0) is 16.1 Å². The molecule has 1 aliphatic heterocycles. The molecule has 1 N–H and O–H groups in total. The Labute approximate surface area is 139 Å². The van der Waals surface area contributed by atoms with E-state index in [1.165, 1.54) is 19.2 Å². The smallest absolute Gasteiger partial charge is 0.323 e. The lowest BCUT2D eigenvalue weighted by atomic mass is 10.1. The van der Waals surface area contributed by atoms with Crippen molar-refractivity contribution in [3.05, 3.63) is 47.5 Å². The van der Waals surface area contributed by atoms with Gasteiger partial charge in [-0.05, 0) is 42.8 Å². The first-order valence-corrected chi connectivity index (χ1v) is 7.83. The molecule has 0 radical (unpaired) electrons. The number of carbonyl (C=O) groups excluding carboxylic acids is 1. The lowest BCUT2D eigenvalue weighted by Crippen LogP contribution is -2.36. The van der Waals surface area contributed by atoms with Gasteiger partial charge >= 0.3 is 5.97 Å². The Kier molecular flexibility index (Phi) is 4.69. The van der Waals surface area contributed by atoms with Gasteiger partial charge < -0.3 is 14.3 Å². The molecule has 0 aliphatic carbocycles. The van der Waals surface area contributed by atoms with Gasteiger partial charge in [-0.25, -0.2) is 4.39 Å². The van der Waals surface area contributed by atoms with Crippen molar-refractivity contribution in [2.75, 3.05) is 13.7 Å². The number of aryl methyl sites for hydroxylation is 1. The second-order valence-corrected chi connectivity index (χ2v) is 6.08. The van der Waals surface area contributed by atoms with Crippen LogP contribution in [-0.4, -0.2) is 41.8 Å². The van der Waals surface area contributed by atoms with E-state index in [0.29, 0.717) is 31.0 Å². The molecule has 0 saturated carbocycles. The number of hydrogen-bond donors (Lipinski definition) is 1. The molecule has 0 bridgehead atoms. The number of β-amino-alcohol motifs (C(OH)–C–C–N with tert-alkyl or cyclic N) is 1. The lowest BCUT2D eigenvalue weighted by Gasteiger charge is -2.20. The monoisotopic (exact) mass is 333 g/mol. The van der Waals surface area contributed by atoms with Crippen LogP contribution >= 0.6 is 0 Å². The summed E-state index contributed by atoms with van der Waals surface area (Å²) in [7, 11) is 1.34. The fourth-order valence-electron chi connectivity index (χ4n) is 3.15. The van der Waals surface area contributed by atoms with Crippen LogP contribution < -0.4 is 0 Å². The molecular formula is C18H20FNO4. The van der Waals surface area contributed by atoms with Crippen molar-refractivity contribution in [1.82, 2.24) is 4.90 Å². The van der Waals surface area contributed by atoms with E-state index in [9.17, 15) is 14.3 Å². The van der Waals surface area contributed by atoms with Crippen LogP contribution in [0.3, 0.4) is 0 Å². The van der Waals surface area contributed by atoms with Crippen molar-refractivity contribution in [2.45, 2.75) is 32.0 Å². The van der Waals surface area contributed by atoms with Crippen LogP contribution in [0.4, 0.5) is 4.39 Å². The minimum absolute atomic E-state index is 0.282. The number of esters is 1. The minimum Gasteiger partial charge on any atom is -0.468 e. The molecule has 1 aromatic carbocycles. The van der Waals surface area contributed by atoms with E-state index in [2.05, 4.69) is 0 Å². The maximum Gasteiger partial charge on any atom is 0.323 e. The molecule has 24 heavy (non-hydrogen) atoms. The SMILES string of the molecule is COC(=O)[C@@H]1C[C@H](O)CN1Cc1ccc(-c2ccc(F)cc2C)o1. The van der Waals surface area contributed by atoms with Crippen molar-refractivity contribution < 1.29 is 23.4 Å². The van der Waals surface area contributed by atoms with Gasteiger partial charge in [0.25, 0.3) is 0 Å². The third-order valence-corrected chi connectivity index (χ3v) is 4.33. The summed E-state index contributed by atoms with van der Waals surface area (Å²) in [6.07, 6.45) is -0.194. The van der Waals surface area contributed by atoms with Gasteiger partial charge in [-0.15, -0.1) is 0 Å². The summed E-state index contributed by atoms with van der Waals surface area (Å²) in [6.45, 7) is 2.62. The normalized spacial score (nSPS) is 21.2. The highest BCUT2D eigenvalue weighted by Gasteiger charge is 2.37. The molecule has 3 rings (SSSR count). The Bertz CT molecular complexity index is 742. The van der Waals surface area contributed by atoms with E-state index < -0.39 is 12.1 Å². The summed E-state index contributed by atoms with van der Waals surface area (Å²) in [5.74, 6) is 0.691. The zero-order valence-corrected chi connectivity index (χ0v) is 13.7. The first-order valence-electron chi connectivity index (χ1n) is 7.83. The first kappa shape index (κ1) is 16.7. The molecule has 1 saturated heterocycles. The third kappa shape index (κ3) is 3.34. The highest BCUT2D eigenvalue weighted by atomic mass is 19.1. The fraction of sp³-hybridized carbons (Fsp3) is 0.389. The predicted octanol–water partition coefficient (Wildman–Crippen LogP) is 2.50. The molecule has 2 heterocycles. The molecule has 1 aliphatic rings. The topological polar surface area (TPSA) is 62.9 Å². The van der Waals surface area contributed by atoms with Crippen LogP contribution in [0.1, 0.15) is 17.7 Å². The van der Waals surface area contributed by atoms with Gasteiger partial charge in [0.15, 0.2) is 0 Å². The van der Waals surface area contributed by atoms with Gasteiger partial charge in [-0.3, -0.25) is 9.69 Å². The number of aliphatic hydroxyl groups excluding tert-OH is 1. The molecule has 0 spiro atoms. The molecular weight excluding hydrogens is 313 g/mol. The molecule has 6 heteroatoms. The molecule has 1 aromatic heterocycles. The van der Waals surface area contributed by atoms with Crippen molar-refractivity contribution in [2.24, 2.45) is 0 Å². The van der Waals surface area contributed by atoms with E-state index >= 15 is 0 Å². The lowest BCUT2D eigenvalue weighted by molar-refractivity contribution is -0.146. The van der Waals surface area contributed by atoms with E-state index in [1.54, 1.807) is 6.07 Å². The Morgan fingerprint density at radius 1 is 1.42 bits per heavy atom. The number of nitrogens with zero attached hydrogens (tertiary/aromatic N) is 1. The number of rotatable bonds is 4. The number of likely N-dealkylation sites (tertiary alicyclic amines) is 1. The Hall–Kier alpha value is -2.18. The Morgan fingerprint density at radius 2 is 2.21 bits per heavy atom. The van der Waals surface area contributed by atoms with Gasteiger partial charge in [0.2, 0.25) is 0 Å². The largest absolute Gasteiger partial charge is 0.468 e. The Morgan fingerprint density at radius 3 is 2.92 bits per heavy atom. The first-order chi connectivity index (χ1) is 11.5. The van der Waals surface area contributed by atoms with Crippen molar-refractivity contribution >= 4 is 5.97 Å². The summed E-state index contributed by atoms with van der Waals surface area (Å²) < 4.78 is 23.9. The molecule has 5 nitrogen and oxygen atoms in total. The summed E-state index contributed by atoms with van der Waals surface area (Å²) in [5.41, 5.74) is 1.62. The molecule has 0 amide bonds. The molecule has 128 valence electrons. The highest BCUT2D eigenvalue weighted by Crippen LogP contribution is 2.28. The molecule has 2 aromatic rings. The van der Waals surface area contributed by atoms with Crippen LogP contribution in [0.5, 0.6) is 0 Å². The zero-order chi connectivity index (χ0) is 17.3. The third-order valence-electron chi connectivity index (χ3n) is 4.33. The summed E-state index contributed by atoms with van der Waals surface area (Å²) >= 11 is 0. The minimum atomic E-state index is -0.553. The van der Waals surface area contributed by atoms with Crippen molar-refractivity contribution in [3.63, 3.8) is 0 Å². The van der Waals surface area contributed by atoms with Crippen molar-refractivity contribution in [1.29, 1.82) is 0 Å². The van der Waals surface area contributed by atoms with Crippen LogP contribution in [0.2, 0.25) is 0 Å². The number of halogens is 1. The maximum absolute atomic E-state index is 13.2. The van der Waals surface area contributed by atoms with Gasteiger partial charge in [0.05, 0.1) is 19.8 Å². The van der Waals surface area contributed by atoms with E-state index in [1.807, 2.05) is 24.0 Å². The summed E-state index contributed by atoms with van der Waals surface area (Å²) in [5, 5.41) is 9.82. The molecule has 0 unspecified atom stereocenters. The number of furan rings is 1. The van der Waals surface area contributed by atoms with Gasteiger partial charge in [0.1, 0.15) is 23.4 Å². The number of hydrogen-bond acceptors (Lipinski definition) is 5. The second kappa shape index (κ2) is 6.75. The number of aliphatic hydroxyl groups is 1. The highest BCUT2D eigenvalue weighted by molar-refractivity contribution is 5.76. The summed E-state index contributed by atoms with van der Waals surface area (Å²) in [4.78, 5) is 13.7. The Balaban J connectivity index is 1.77. The van der Waals surface area contributed by atoms with E-state index in [4.69, 9.17) is 9.15 Å². The van der Waals surface area contributed by atoms with Crippen LogP contribution in [0.25, 0.3) is 11.3 Å². The number of benzene rings is 1. The zero-order valence-electron chi connectivity index (χ0n) is 13.7. The molecule has 1 fully saturated rings. The van der Waals surface area contributed by atoms with Gasteiger partial charge in [-0.2, -0.15) is 0 Å². The van der Waals surface area contributed by atoms with E-state index in [-0.39, 0.29) is 11.8 Å².